The molecule has 5 rings (SSSR count). The first-order chi connectivity index (χ1) is 15.4. The smallest absolute Gasteiger partial charge is 0.263 e. The third-order valence-electron chi connectivity index (χ3n) is 5.25. The lowest BCUT2D eigenvalue weighted by atomic mass is 10.1. The average Bonchev–Trinajstić information content (AvgIpc) is 3.46. The number of nitrogens with zero attached hydrogens (tertiary/aromatic N) is 4. The van der Waals surface area contributed by atoms with Crippen LogP contribution in [0.1, 0.15) is 5.56 Å². The van der Waals surface area contributed by atoms with E-state index in [1.54, 1.807) is 18.2 Å². The number of ether oxygens (including phenoxy) is 2. The van der Waals surface area contributed by atoms with Gasteiger partial charge in [-0.1, -0.05) is 22.9 Å². The molecule has 1 N–H and O–H groups in total. The van der Waals surface area contributed by atoms with E-state index in [1.165, 1.54) is 17.1 Å². The molecule has 0 bridgehead atoms. The molecule has 0 aliphatic carbocycles. The van der Waals surface area contributed by atoms with Gasteiger partial charge in [-0.2, -0.15) is 5.11 Å². The number of carbonyl (C=O) groups excluding carboxylic acids is 3. The van der Waals surface area contributed by atoms with Crippen LogP contribution in [0.2, 0.25) is 5.02 Å². The summed E-state index contributed by atoms with van der Waals surface area (Å²) in [4.78, 5) is 38.9. The number of carbonyl (C=O) groups is 3. The second kappa shape index (κ2) is 7.75. The predicted molar refractivity (Wildman–Crippen MR) is 107 cm³/mol. The molecule has 2 aromatic rings. The maximum absolute atomic E-state index is 13.5. The second-order valence-corrected chi connectivity index (χ2v) is 7.67. The highest BCUT2D eigenvalue weighted by atomic mass is 35.5. The van der Waals surface area contributed by atoms with E-state index in [0.29, 0.717) is 11.5 Å². The molecule has 12 heteroatoms. The van der Waals surface area contributed by atoms with Crippen molar-refractivity contribution in [1.29, 1.82) is 0 Å². The number of amides is 3. The molecule has 1 saturated heterocycles. The van der Waals surface area contributed by atoms with Crippen molar-refractivity contribution in [3.05, 3.63) is 52.8 Å². The van der Waals surface area contributed by atoms with Crippen molar-refractivity contribution >= 4 is 35.0 Å². The van der Waals surface area contributed by atoms with Crippen LogP contribution in [0.15, 0.2) is 46.7 Å². The summed E-state index contributed by atoms with van der Waals surface area (Å²) in [7, 11) is 0. The summed E-state index contributed by atoms with van der Waals surface area (Å²) in [5.74, 6) is -1.07. The summed E-state index contributed by atoms with van der Waals surface area (Å²) in [6, 6.07) is 6.71. The van der Waals surface area contributed by atoms with E-state index >= 15 is 0 Å². The molecule has 2 aromatic carbocycles. The van der Waals surface area contributed by atoms with E-state index in [2.05, 4.69) is 15.7 Å². The Bertz CT molecular complexity index is 1180. The first-order valence-corrected chi connectivity index (χ1v) is 9.95. The number of fused-ring (bicyclic) bond motifs is 2. The summed E-state index contributed by atoms with van der Waals surface area (Å²) in [5, 5.41) is 11.4. The summed E-state index contributed by atoms with van der Waals surface area (Å²) >= 11 is 5.78. The lowest BCUT2D eigenvalue weighted by molar-refractivity contribution is -0.125. The molecule has 3 heterocycles. The number of hydrogen-bond acceptors (Lipinski definition) is 8. The lowest BCUT2D eigenvalue weighted by Crippen LogP contribution is -2.44. The summed E-state index contributed by atoms with van der Waals surface area (Å²) in [6.07, 6.45) is 0. The van der Waals surface area contributed by atoms with Crippen molar-refractivity contribution in [2.45, 2.75) is 18.6 Å². The number of anilines is 1. The molecule has 3 aliphatic rings. The molecular weight excluding hydrogens is 445 g/mol. The fourth-order valence-electron chi connectivity index (χ4n) is 3.69. The molecule has 164 valence electrons. The van der Waals surface area contributed by atoms with Gasteiger partial charge in [0.05, 0.1) is 10.7 Å². The van der Waals surface area contributed by atoms with Crippen LogP contribution < -0.4 is 19.7 Å². The van der Waals surface area contributed by atoms with Gasteiger partial charge in [0.2, 0.25) is 12.7 Å². The molecule has 0 spiro atoms. The Morgan fingerprint density at radius 2 is 1.97 bits per heavy atom. The van der Waals surface area contributed by atoms with Crippen LogP contribution in [-0.4, -0.2) is 48.2 Å². The highest BCUT2D eigenvalue weighted by Crippen LogP contribution is 2.34. The van der Waals surface area contributed by atoms with Crippen LogP contribution >= 0.6 is 11.6 Å². The van der Waals surface area contributed by atoms with Crippen LogP contribution in [0.25, 0.3) is 0 Å². The Balaban J connectivity index is 1.24. The van der Waals surface area contributed by atoms with Crippen molar-refractivity contribution < 1.29 is 28.2 Å². The van der Waals surface area contributed by atoms with Gasteiger partial charge in [0, 0.05) is 6.54 Å². The Morgan fingerprint density at radius 1 is 1.16 bits per heavy atom. The van der Waals surface area contributed by atoms with Crippen LogP contribution in [0.4, 0.5) is 10.1 Å². The van der Waals surface area contributed by atoms with Crippen LogP contribution in [0.5, 0.6) is 11.5 Å². The fraction of sp³-hybridized carbons (Fsp3) is 0.250. The molecule has 0 unspecified atom stereocenters. The van der Waals surface area contributed by atoms with E-state index in [9.17, 15) is 18.8 Å². The zero-order valence-electron chi connectivity index (χ0n) is 16.3. The topological polar surface area (TPSA) is 113 Å². The molecule has 3 aliphatic heterocycles. The highest BCUT2D eigenvalue weighted by molar-refractivity contribution is 6.32. The number of benzene rings is 2. The van der Waals surface area contributed by atoms with Crippen molar-refractivity contribution in [2.24, 2.45) is 10.3 Å². The summed E-state index contributed by atoms with van der Waals surface area (Å²) in [6.45, 7) is 0.107. The van der Waals surface area contributed by atoms with Crippen molar-refractivity contribution in [3.8, 4) is 11.5 Å². The number of nitrogens with one attached hydrogen (secondary N) is 1. The van der Waals surface area contributed by atoms with Gasteiger partial charge < -0.3 is 14.8 Å². The highest BCUT2D eigenvalue weighted by Gasteiger charge is 2.55. The SMILES string of the molecule is O=C(CN1N=N[C@@H]2C(=O)N(c3ccc(F)c(Cl)c3)C(=O)[C@@H]21)NCc1ccc2c(c1)OCO2. The Morgan fingerprint density at radius 3 is 2.78 bits per heavy atom. The van der Waals surface area contributed by atoms with Crippen molar-refractivity contribution in [1.82, 2.24) is 10.3 Å². The van der Waals surface area contributed by atoms with Gasteiger partial charge in [0.1, 0.15) is 12.4 Å². The second-order valence-electron chi connectivity index (χ2n) is 7.27. The molecule has 10 nitrogen and oxygen atoms in total. The predicted octanol–water partition coefficient (Wildman–Crippen LogP) is 1.82. The molecule has 0 radical (unpaired) electrons. The standard InChI is InChI=1S/C20H15ClFN5O5/c21-12-6-11(2-3-13(12)22)27-19(29)17-18(20(27)30)26(25-24-17)8-16(28)23-7-10-1-4-14-15(5-10)32-9-31-14/h1-6,17-18H,7-9H2,(H,23,28)/t17-,18+/m0/s1. The van der Waals surface area contributed by atoms with E-state index in [-0.39, 0.29) is 30.6 Å². The maximum Gasteiger partial charge on any atom is 0.263 e. The van der Waals surface area contributed by atoms with Crippen LogP contribution in [0.3, 0.4) is 0 Å². The van der Waals surface area contributed by atoms with Gasteiger partial charge in [0.15, 0.2) is 23.6 Å². The van der Waals surface area contributed by atoms with E-state index < -0.39 is 35.6 Å². The molecule has 1 fully saturated rings. The summed E-state index contributed by atoms with van der Waals surface area (Å²) in [5.41, 5.74) is 0.929. The molecule has 0 saturated carbocycles. The molecule has 32 heavy (non-hydrogen) atoms. The molecule has 3 amide bonds. The largest absolute Gasteiger partial charge is 0.454 e. The Labute approximate surface area is 185 Å². The van der Waals surface area contributed by atoms with Crippen LogP contribution in [-0.2, 0) is 20.9 Å². The van der Waals surface area contributed by atoms with Gasteiger partial charge in [-0.15, -0.1) is 0 Å². The minimum absolute atomic E-state index is 0.128. The zero-order valence-corrected chi connectivity index (χ0v) is 17.1. The number of halogens is 2. The molecular formula is C20H15ClFN5O5. The van der Waals surface area contributed by atoms with Crippen molar-refractivity contribution in [2.75, 3.05) is 18.2 Å². The number of imide groups is 1. The van der Waals surface area contributed by atoms with Gasteiger partial charge in [-0.05, 0) is 35.9 Å². The van der Waals surface area contributed by atoms with E-state index in [4.69, 9.17) is 21.1 Å². The minimum Gasteiger partial charge on any atom is -0.454 e. The quantitative estimate of drug-likeness (QED) is 0.682. The van der Waals surface area contributed by atoms with Crippen molar-refractivity contribution in [3.63, 3.8) is 0 Å². The number of rotatable bonds is 5. The normalized spacial score (nSPS) is 20.8. The van der Waals surface area contributed by atoms with E-state index in [1.807, 2.05) is 0 Å². The van der Waals surface area contributed by atoms with Gasteiger partial charge >= 0.3 is 0 Å². The minimum atomic E-state index is -1.08. The van der Waals surface area contributed by atoms with E-state index in [0.717, 1.165) is 16.5 Å². The Hall–Kier alpha value is -3.73. The molecule has 0 aromatic heterocycles. The third-order valence-corrected chi connectivity index (χ3v) is 5.54. The van der Waals surface area contributed by atoms with Gasteiger partial charge in [0.25, 0.3) is 11.8 Å². The fourth-order valence-corrected chi connectivity index (χ4v) is 3.86. The maximum atomic E-state index is 13.5. The first-order valence-electron chi connectivity index (χ1n) is 9.58. The number of hydrogen-bond donors (Lipinski definition) is 1. The lowest BCUT2D eigenvalue weighted by Gasteiger charge is -2.20. The van der Waals surface area contributed by atoms with Gasteiger partial charge in [-0.3, -0.25) is 19.4 Å². The monoisotopic (exact) mass is 459 g/mol. The average molecular weight is 460 g/mol. The third kappa shape index (κ3) is 3.40. The summed E-state index contributed by atoms with van der Waals surface area (Å²) < 4.78 is 24.0. The Kier molecular flexibility index (Phi) is 4.89. The van der Waals surface area contributed by atoms with Gasteiger partial charge in [-0.25, -0.2) is 9.29 Å². The first kappa shape index (κ1) is 20.2. The van der Waals surface area contributed by atoms with Crippen LogP contribution in [0, 0.1) is 5.82 Å². The molecule has 2 atom stereocenters. The zero-order chi connectivity index (χ0) is 22.4.